The lowest BCUT2D eigenvalue weighted by atomic mass is 9.98. The van der Waals surface area contributed by atoms with E-state index in [4.69, 9.17) is 0 Å². The third kappa shape index (κ3) is 2.48. The molecule has 0 aliphatic heterocycles. The van der Waals surface area contributed by atoms with E-state index in [1.807, 2.05) is 0 Å². The Kier molecular flexibility index (Phi) is 3.86. The number of halogens is 8. The van der Waals surface area contributed by atoms with E-state index in [1.165, 1.54) is 0 Å². The third-order valence-corrected chi connectivity index (χ3v) is 2.46. The first-order valence-electron chi connectivity index (χ1n) is 4.95. The minimum Gasteiger partial charge on any atom is -0.287 e. The van der Waals surface area contributed by atoms with Crippen molar-refractivity contribution in [3.8, 4) is 0 Å². The third-order valence-electron chi connectivity index (χ3n) is 2.46. The molecule has 0 saturated heterocycles. The van der Waals surface area contributed by atoms with Crippen LogP contribution in [0.2, 0.25) is 0 Å². The fraction of sp³-hybridized carbons (Fsp3) is 0.364. The molecule has 0 atom stereocenters. The first-order chi connectivity index (χ1) is 8.82. The molecule has 0 amide bonds. The molecule has 0 heterocycles. The number of rotatable bonds is 3. The van der Waals surface area contributed by atoms with Gasteiger partial charge in [0.25, 0.3) is 0 Å². The molecule has 0 aliphatic rings. The summed E-state index contributed by atoms with van der Waals surface area (Å²) in [5.74, 6) is -16.2. The van der Waals surface area contributed by atoms with Crippen molar-refractivity contribution in [2.45, 2.75) is 24.9 Å². The van der Waals surface area contributed by atoms with Crippen molar-refractivity contribution >= 4 is 5.78 Å². The summed E-state index contributed by atoms with van der Waals surface area (Å²) < 4.78 is 100. The summed E-state index contributed by atoms with van der Waals surface area (Å²) in [5.41, 5.74) is -1.49. The predicted octanol–water partition coefficient (Wildman–Crippen LogP) is 4.15. The fourth-order valence-corrected chi connectivity index (χ4v) is 1.29. The summed E-state index contributed by atoms with van der Waals surface area (Å²) in [4.78, 5) is 11.2. The Morgan fingerprint density at radius 2 is 1.50 bits per heavy atom. The molecule has 0 unspecified atom stereocenters. The Morgan fingerprint density at radius 3 is 1.90 bits per heavy atom. The number of aryl methyl sites for hydroxylation is 1. The van der Waals surface area contributed by atoms with Crippen LogP contribution in [0, 0.1) is 12.7 Å². The van der Waals surface area contributed by atoms with Gasteiger partial charge in [0.05, 0.1) is 0 Å². The molecule has 0 aliphatic carbocycles. The summed E-state index contributed by atoms with van der Waals surface area (Å²) in [6, 6.07) is 1.40. The van der Waals surface area contributed by atoms with Gasteiger partial charge in [-0.15, -0.1) is 0 Å². The molecule has 1 aromatic carbocycles. The fourth-order valence-electron chi connectivity index (χ4n) is 1.29. The molecule has 0 bridgehead atoms. The highest BCUT2D eigenvalue weighted by molar-refractivity contribution is 6.02. The first-order valence-corrected chi connectivity index (χ1v) is 4.95. The highest BCUT2D eigenvalue weighted by atomic mass is 19.4. The van der Waals surface area contributed by atoms with Gasteiger partial charge in [0.1, 0.15) is 5.82 Å². The van der Waals surface area contributed by atoms with Gasteiger partial charge in [-0.3, -0.25) is 4.79 Å². The summed E-state index contributed by atoms with van der Waals surface area (Å²) in [5, 5.41) is 0. The van der Waals surface area contributed by atoms with Crippen molar-refractivity contribution in [2.24, 2.45) is 0 Å². The van der Waals surface area contributed by atoms with E-state index in [0.29, 0.717) is 18.2 Å². The largest absolute Gasteiger partial charge is 0.460 e. The lowest BCUT2D eigenvalue weighted by Crippen LogP contribution is -2.56. The molecule has 0 aromatic heterocycles. The van der Waals surface area contributed by atoms with Crippen molar-refractivity contribution < 1.29 is 39.9 Å². The van der Waals surface area contributed by atoms with Gasteiger partial charge in [0, 0.05) is 5.56 Å². The van der Waals surface area contributed by atoms with Gasteiger partial charge in [-0.1, -0.05) is 0 Å². The van der Waals surface area contributed by atoms with E-state index in [0.717, 1.165) is 6.92 Å². The lowest BCUT2D eigenvalue weighted by molar-refractivity contribution is -0.339. The Labute approximate surface area is 107 Å². The van der Waals surface area contributed by atoms with Crippen LogP contribution in [0.25, 0.3) is 0 Å². The first kappa shape index (κ1) is 16.4. The van der Waals surface area contributed by atoms with Gasteiger partial charge in [-0.2, -0.15) is 30.7 Å². The molecule has 0 fully saturated rings. The Balaban J connectivity index is 3.28. The molecule has 1 nitrogen and oxygen atoms in total. The number of carbonyl (C=O) groups is 1. The summed E-state index contributed by atoms with van der Waals surface area (Å²) >= 11 is 0. The monoisotopic (exact) mass is 306 g/mol. The standard InChI is InChI=1S/C11H6F8O/c1-5-4-6(2-3-7(5)12)8(20)9(13,14)10(15,16)11(17,18)19/h2-4H,1H3. The van der Waals surface area contributed by atoms with Gasteiger partial charge in [0.2, 0.25) is 5.78 Å². The molecule has 0 saturated carbocycles. The van der Waals surface area contributed by atoms with Gasteiger partial charge in [0.15, 0.2) is 0 Å². The number of carbonyl (C=O) groups excluding carboxylic acids is 1. The highest BCUT2D eigenvalue weighted by Gasteiger charge is 2.76. The lowest BCUT2D eigenvalue weighted by Gasteiger charge is -2.27. The Bertz CT molecular complexity index is 532. The van der Waals surface area contributed by atoms with Crippen LogP contribution in [-0.4, -0.2) is 23.8 Å². The van der Waals surface area contributed by atoms with Crippen LogP contribution in [-0.2, 0) is 0 Å². The van der Waals surface area contributed by atoms with E-state index in [9.17, 15) is 39.9 Å². The number of Topliss-reactive ketones (excluding diaryl/α,β-unsaturated/α-hetero) is 1. The van der Waals surface area contributed by atoms with Crippen LogP contribution in [0.1, 0.15) is 15.9 Å². The quantitative estimate of drug-likeness (QED) is 0.605. The molecule has 1 rings (SSSR count). The van der Waals surface area contributed by atoms with Crippen LogP contribution >= 0.6 is 0 Å². The van der Waals surface area contributed by atoms with Crippen molar-refractivity contribution in [1.29, 1.82) is 0 Å². The van der Waals surface area contributed by atoms with Gasteiger partial charge in [-0.25, -0.2) is 4.39 Å². The zero-order valence-electron chi connectivity index (χ0n) is 9.66. The van der Waals surface area contributed by atoms with E-state index in [1.54, 1.807) is 0 Å². The zero-order chi connectivity index (χ0) is 15.9. The number of alkyl halides is 7. The highest BCUT2D eigenvalue weighted by Crippen LogP contribution is 2.47. The molecule has 0 spiro atoms. The second-order valence-corrected chi connectivity index (χ2v) is 3.94. The van der Waals surface area contributed by atoms with Crippen molar-refractivity contribution in [1.82, 2.24) is 0 Å². The summed E-state index contributed by atoms with van der Waals surface area (Å²) in [6.45, 7) is 1.03. The van der Waals surface area contributed by atoms with Gasteiger partial charge < -0.3 is 0 Å². The minimum atomic E-state index is -6.60. The van der Waals surface area contributed by atoms with Crippen LogP contribution in [0.5, 0.6) is 0 Å². The molecule has 0 radical (unpaired) electrons. The number of hydrogen-bond donors (Lipinski definition) is 0. The average molecular weight is 306 g/mol. The number of hydrogen-bond acceptors (Lipinski definition) is 1. The SMILES string of the molecule is Cc1cc(C(=O)C(F)(F)C(F)(F)C(F)(F)F)ccc1F. The van der Waals surface area contributed by atoms with Crippen LogP contribution in [0.4, 0.5) is 35.1 Å². The summed E-state index contributed by atoms with van der Waals surface area (Å²) in [6.07, 6.45) is -6.60. The molecule has 1 aromatic rings. The van der Waals surface area contributed by atoms with Crippen molar-refractivity contribution in [3.05, 3.63) is 35.1 Å². The van der Waals surface area contributed by atoms with Crippen molar-refractivity contribution in [3.63, 3.8) is 0 Å². The molecular formula is C11H6F8O. The maximum absolute atomic E-state index is 13.1. The van der Waals surface area contributed by atoms with Crippen LogP contribution in [0.15, 0.2) is 18.2 Å². The molecule has 9 heteroatoms. The Morgan fingerprint density at radius 1 is 1.00 bits per heavy atom. The molecular weight excluding hydrogens is 300 g/mol. The summed E-state index contributed by atoms with van der Waals surface area (Å²) in [7, 11) is 0. The van der Waals surface area contributed by atoms with Gasteiger partial charge >= 0.3 is 18.0 Å². The van der Waals surface area contributed by atoms with E-state index >= 15 is 0 Å². The average Bonchev–Trinajstić information content (AvgIpc) is 2.30. The number of ketones is 1. The van der Waals surface area contributed by atoms with Crippen LogP contribution in [0.3, 0.4) is 0 Å². The zero-order valence-corrected chi connectivity index (χ0v) is 9.66. The normalized spacial score (nSPS) is 13.4. The topological polar surface area (TPSA) is 17.1 Å². The maximum atomic E-state index is 13.1. The van der Waals surface area contributed by atoms with E-state index in [-0.39, 0.29) is 5.56 Å². The molecule has 112 valence electrons. The Hall–Kier alpha value is -1.67. The maximum Gasteiger partial charge on any atom is 0.460 e. The second kappa shape index (κ2) is 4.71. The minimum absolute atomic E-state index is 0.345. The van der Waals surface area contributed by atoms with Crippen LogP contribution < -0.4 is 0 Å². The molecule has 20 heavy (non-hydrogen) atoms. The second-order valence-electron chi connectivity index (χ2n) is 3.94. The van der Waals surface area contributed by atoms with E-state index in [2.05, 4.69) is 0 Å². The van der Waals surface area contributed by atoms with Crippen molar-refractivity contribution in [2.75, 3.05) is 0 Å². The number of benzene rings is 1. The smallest absolute Gasteiger partial charge is 0.287 e. The molecule has 0 N–H and O–H groups in total. The predicted molar refractivity (Wildman–Crippen MR) is 51.4 cm³/mol. The van der Waals surface area contributed by atoms with Gasteiger partial charge in [-0.05, 0) is 30.7 Å². The van der Waals surface area contributed by atoms with E-state index < -0.39 is 35.2 Å².